The minimum atomic E-state index is -0.552. The fraction of sp³-hybridized carbons (Fsp3) is 0.200. The zero-order valence-electron chi connectivity index (χ0n) is 8.09. The number of halogens is 2. The van der Waals surface area contributed by atoms with Gasteiger partial charge in [0.2, 0.25) is 0 Å². The molecule has 0 saturated carbocycles. The monoisotopic (exact) mass is 258 g/mol. The summed E-state index contributed by atoms with van der Waals surface area (Å²) in [5.74, 6) is 0.204. The molecule has 1 unspecified atom stereocenters. The number of H-pyrrole nitrogens is 2. The van der Waals surface area contributed by atoms with Crippen molar-refractivity contribution in [1.29, 1.82) is 0 Å². The molecule has 2 N–H and O–H groups in total. The van der Waals surface area contributed by atoms with E-state index in [0.29, 0.717) is 16.5 Å². The van der Waals surface area contributed by atoms with Crippen molar-refractivity contribution in [3.8, 4) is 0 Å². The van der Waals surface area contributed by atoms with Gasteiger partial charge in [0, 0.05) is 5.88 Å². The lowest BCUT2D eigenvalue weighted by molar-refractivity contribution is 1.05. The van der Waals surface area contributed by atoms with Gasteiger partial charge in [-0.3, -0.25) is 9.78 Å². The summed E-state index contributed by atoms with van der Waals surface area (Å²) in [4.78, 5) is 27.4. The lowest BCUT2D eigenvalue weighted by atomic mass is 10.1. The molecule has 2 rings (SSSR count). The summed E-state index contributed by atoms with van der Waals surface area (Å²) < 4.78 is 0. The van der Waals surface area contributed by atoms with Crippen molar-refractivity contribution in [2.75, 3.05) is 5.88 Å². The summed E-state index contributed by atoms with van der Waals surface area (Å²) in [6.07, 6.45) is 0. The van der Waals surface area contributed by atoms with E-state index in [9.17, 15) is 9.59 Å². The van der Waals surface area contributed by atoms with Crippen molar-refractivity contribution >= 4 is 34.1 Å². The Kier molecular flexibility index (Phi) is 3.03. The van der Waals surface area contributed by atoms with Crippen LogP contribution in [0.4, 0.5) is 0 Å². The molecule has 0 aliphatic carbocycles. The van der Waals surface area contributed by atoms with Gasteiger partial charge in [-0.2, -0.15) is 0 Å². The zero-order chi connectivity index (χ0) is 11.7. The SMILES string of the molecule is O=c1[nH]c(=O)c2cccc(C(Cl)CCl)c2[nH]1. The molecule has 0 amide bonds. The Hall–Kier alpha value is -1.26. The molecule has 0 fully saturated rings. The number of alkyl halides is 2. The molecule has 0 saturated heterocycles. The molecule has 1 atom stereocenters. The van der Waals surface area contributed by atoms with E-state index in [0.717, 1.165) is 0 Å². The summed E-state index contributed by atoms with van der Waals surface area (Å²) in [6, 6.07) is 5.05. The van der Waals surface area contributed by atoms with Crippen LogP contribution in [-0.2, 0) is 0 Å². The van der Waals surface area contributed by atoms with Crippen molar-refractivity contribution in [2.24, 2.45) is 0 Å². The van der Waals surface area contributed by atoms with E-state index in [1.807, 2.05) is 0 Å². The fourth-order valence-corrected chi connectivity index (χ4v) is 1.91. The number of aromatic nitrogens is 2. The Labute approximate surface area is 100 Å². The Morgan fingerprint density at radius 1 is 1.25 bits per heavy atom. The first-order valence-corrected chi connectivity index (χ1v) is 5.56. The summed E-state index contributed by atoms with van der Waals surface area (Å²) in [6.45, 7) is 0. The van der Waals surface area contributed by atoms with Crippen LogP contribution < -0.4 is 11.2 Å². The molecule has 16 heavy (non-hydrogen) atoms. The molecule has 0 spiro atoms. The second kappa shape index (κ2) is 4.31. The van der Waals surface area contributed by atoms with Crippen molar-refractivity contribution in [3.05, 3.63) is 44.6 Å². The quantitative estimate of drug-likeness (QED) is 0.806. The topological polar surface area (TPSA) is 65.7 Å². The number of rotatable bonds is 2. The van der Waals surface area contributed by atoms with E-state index in [1.165, 1.54) is 0 Å². The Morgan fingerprint density at radius 2 is 2.00 bits per heavy atom. The molecular weight excluding hydrogens is 251 g/mol. The number of para-hydroxylation sites is 1. The Balaban J connectivity index is 2.87. The molecule has 0 aliphatic rings. The van der Waals surface area contributed by atoms with E-state index in [1.54, 1.807) is 18.2 Å². The predicted molar refractivity (Wildman–Crippen MR) is 64.5 cm³/mol. The maximum absolute atomic E-state index is 11.5. The van der Waals surface area contributed by atoms with E-state index in [4.69, 9.17) is 23.2 Å². The van der Waals surface area contributed by atoms with Crippen molar-refractivity contribution in [1.82, 2.24) is 9.97 Å². The van der Waals surface area contributed by atoms with E-state index in [2.05, 4.69) is 9.97 Å². The van der Waals surface area contributed by atoms with Gasteiger partial charge >= 0.3 is 5.69 Å². The maximum atomic E-state index is 11.5. The highest BCUT2D eigenvalue weighted by Gasteiger charge is 2.12. The Bertz CT molecular complexity index is 632. The fourth-order valence-electron chi connectivity index (χ4n) is 1.56. The second-order valence-corrected chi connectivity index (χ2v) is 4.14. The number of hydrogen-bond acceptors (Lipinski definition) is 2. The van der Waals surface area contributed by atoms with Crippen LogP contribution in [0.5, 0.6) is 0 Å². The average molecular weight is 259 g/mol. The molecular formula is C10H8Cl2N2O2. The first-order chi connectivity index (χ1) is 7.63. The summed E-state index contributed by atoms with van der Waals surface area (Å²) in [5, 5.41) is -0.0457. The first-order valence-electron chi connectivity index (χ1n) is 4.58. The van der Waals surface area contributed by atoms with Gasteiger partial charge in [0.1, 0.15) is 0 Å². The highest BCUT2D eigenvalue weighted by molar-refractivity contribution is 6.28. The molecule has 0 aliphatic heterocycles. The molecule has 1 heterocycles. The van der Waals surface area contributed by atoms with Crippen LogP contribution >= 0.6 is 23.2 Å². The largest absolute Gasteiger partial charge is 0.326 e. The predicted octanol–water partition coefficient (Wildman–Crippen LogP) is 1.74. The van der Waals surface area contributed by atoms with Crippen LogP contribution in [0.3, 0.4) is 0 Å². The third-order valence-corrected chi connectivity index (χ3v) is 3.14. The normalized spacial score (nSPS) is 12.9. The molecule has 84 valence electrons. The van der Waals surface area contributed by atoms with Gasteiger partial charge in [0.25, 0.3) is 5.56 Å². The molecule has 2 aromatic rings. The second-order valence-electron chi connectivity index (χ2n) is 3.30. The van der Waals surface area contributed by atoms with Crippen LogP contribution in [0.25, 0.3) is 10.9 Å². The highest BCUT2D eigenvalue weighted by atomic mass is 35.5. The molecule has 1 aromatic carbocycles. The van der Waals surface area contributed by atoms with Crippen LogP contribution in [0.2, 0.25) is 0 Å². The first kappa shape index (κ1) is 11.2. The maximum Gasteiger partial charge on any atom is 0.326 e. The average Bonchev–Trinajstić information content (AvgIpc) is 2.27. The standard InChI is InChI=1S/C10H8Cl2N2O2/c11-4-7(12)5-2-1-3-6-8(5)13-10(16)14-9(6)15/h1-3,7H,4H2,(H2,13,14,15,16). The summed E-state index contributed by atoms with van der Waals surface area (Å²) >= 11 is 11.7. The minimum Gasteiger partial charge on any atom is -0.307 e. The van der Waals surface area contributed by atoms with Gasteiger partial charge in [-0.05, 0) is 11.6 Å². The summed E-state index contributed by atoms with van der Waals surface area (Å²) in [7, 11) is 0. The van der Waals surface area contributed by atoms with Crippen LogP contribution in [0.15, 0.2) is 27.8 Å². The van der Waals surface area contributed by atoms with Crippen molar-refractivity contribution in [3.63, 3.8) is 0 Å². The van der Waals surface area contributed by atoms with Gasteiger partial charge in [0.15, 0.2) is 0 Å². The van der Waals surface area contributed by atoms with Crippen LogP contribution in [-0.4, -0.2) is 15.8 Å². The van der Waals surface area contributed by atoms with Crippen LogP contribution in [0, 0.1) is 0 Å². The molecule has 0 bridgehead atoms. The van der Waals surface area contributed by atoms with Crippen molar-refractivity contribution < 1.29 is 0 Å². The molecule has 0 radical (unpaired) electrons. The number of nitrogens with one attached hydrogen (secondary N) is 2. The Morgan fingerprint density at radius 3 is 2.69 bits per heavy atom. The number of fused-ring (bicyclic) bond motifs is 1. The third kappa shape index (κ3) is 1.86. The van der Waals surface area contributed by atoms with E-state index < -0.39 is 16.6 Å². The van der Waals surface area contributed by atoms with Crippen molar-refractivity contribution in [2.45, 2.75) is 5.38 Å². The van der Waals surface area contributed by atoms with Gasteiger partial charge < -0.3 is 4.98 Å². The molecule has 6 heteroatoms. The molecule has 1 aromatic heterocycles. The van der Waals surface area contributed by atoms with Gasteiger partial charge in [0.05, 0.1) is 16.3 Å². The van der Waals surface area contributed by atoms with Gasteiger partial charge in [-0.25, -0.2) is 4.79 Å². The lowest BCUT2D eigenvalue weighted by Gasteiger charge is -2.08. The van der Waals surface area contributed by atoms with Gasteiger partial charge in [-0.15, -0.1) is 23.2 Å². The summed E-state index contributed by atoms with van der Waals surface area (Å²) in [5.41, 5.74) is 0.108. The van der Waals surface area contributed by atoms with E-state index in [-0.39, 0.29) is 5.88 Å². The van der Waals surface area contributed by atoms with E-state index >= 15 is 0 Å². The molecule has 4 nitrogen and oxygen atoms in total. The minimum absolute atomic E-state index is 0.204. The number of hydrogen-bond donors (Lipinski definition) is 2. The third-order valence-electron chi connectivity index (χ3n) is 2.28. The smallest absolute Gasteiger partial charge is 0.307 e. The van der Waals surface area contributed by atoms with Crippen LogP contribution in [0.1, 0.15) is 10.9 Å². The lowest BCUT2D eigenvalue weighted by Crippen LogP contribution is -2.22. The number of aromatic amines is 2. The van der Waals surface area contributed by atoms with Gasteiger partial charge in [-0.1, -0.05) is 12.1 Å². The zero-order valence-corrected chi connectivity index (χ0v) is 9.60. The number of benzene rings is 1. The highest BCUT2D eigenvalue weighted by Crippen LogP contribution is 2.26.